The predicted molar refractivity (Wildman–Crippen MR) is 89.1 cm³/mol. The maximum atomic E-state index is 6.18. The van der Waals surface area contributed by atoms with Crippen molar-refractivity contribution in [2.45, 2.75) is 19.6 Å². The van der Waals surface area contributed by atoms with E-state index in [1.165, 1.54) is 0 Å². The molecule has 1 atom stereocenters. The summed E-state index contributed by atoms with van der Waals surface area (Å²) in [6, 6.07) is 11.3. The standard InChI is InChI=1S/C16H17BrClNO2/c1-10(19)11-4-6-15(16(7-11)20-2)21-9-12-3-5-13(17)8-14(12)18/h3-8,10H,9,19H2,1-2H3. The van der Waals surface area contributed by atoms with Crippen LogP contribution in [0.2, 0.25) is 5.02 Å². The quantitative estimate of drug-likeness (QED) is 0.829. The van der Waals surface area contributed by atoms with E-state index in [0.29, 0.717) is 23.1 Å². The largest absolute Gasteiger partial charge is 0.493 e. The van der Waals surface area contributed by atoms with Gasteiger partial charge in [0.2, 0.25) is 0 Å². The van der Waals surface area contributed by atoms with Gasteiger partial charge in [-0.25, -0.2) is 0 Å². The smallest absolute Gasteiger partial charge is 0.161 e. The summed E-state index contributed by atoms with van der Waals surface area (Å²) in [5, 5.41) is 0.663. The van der Waals surface area contributed by atoms with Crippen molar-refractivity contribution in [1.29, 1.82) is 0 Å². The van der Waals surface area contributed by atoms with E-state index < -0.39 is 0 Å². The molecule has 5 heteroatoms. The summed E-state index contributed by atoms with van der Waals surface area (Å²) in [6.07, 6.45) is 0. The van der Waals surface area contributed by atoms with E-state index in [4.69, 9.17) is 26.8 Å². The molecule has 0 spiro atoms. The molecule has 2 rings (SSSR count). The summed E-state index contributed by atoms with van der Waals surface area (Å²) in [5.74, 6) is 1.33. The number of benzene rings is 2. The lowest BCUT2D eigenvalue weighted by molar-refractivity contribution is 0.284. The van der Waals surface area contributed by atoms with Crippen molar-refractivity contribution in [1.82, 2.24) is 0 Å². The van der Waals surface area contributed by atoms with Crippen molar-refractivity contribution < 1.29 is 9.47 Å². The highest BCUT2D eigenvalue weighted by atomic mass is 79.9. The van der Waals surface area contributed by atoms with Crippen molar-refractivity contribution in [3.05, 3.63) is 57.0 Å². The summed E-state index contributed by atoms with van der Waals surface area (Å²) in [4.78, 5) is 0. The average molecular weight is 371 g/mol. The maximum absolute atomic E-state index is 6.18. The monoisotopic (exact) mass is 369 g/mol. The normalized spacial score (nSPS) is 12.0. The zero-order valence-corrected chi connectivity index (χ0v) is 14.2. The van der Waals surface area contributed by atoms with E-state index in [1.807, 2.05) is 43.3 Å². The minimum absolute atomic E-state index is 0.0473. The number of hydrogen-bond acceptors (Lipinski definition) is 3. The van der Waals surface area contributed by atoms with Crippen molar-refractivity contribution in [3.8, 4) is 11.5 Å². The third-order valence-electron chi connectivity index (χ3n) is 3.11. The summed E-state index contributed by atoms with van der Waals surface area (Å²) in [6.45, 7) is 2.30. The topological polar surface area (TPSA) is 44.5 Å². The van der Waals surface area contributed by atoms with E-state index in [2.05, 4.69) is 15.9 Å². The van der Waals surface area contributed by atoms with Crippen LogP contribution in [0, 0.1) is 0 Å². The molecule has 0 radical (unpaired) electrons. The fourth-order valence-electron chi connectivity index (χ4n) is 1.88. The van der Waals surface area contributed by atoms with Gasteiger partial charge < -0.3 is 15.2 Å². The third-order valence-corrected chi connectivity index (χ3v) is 3.96. The predicted octanol–water partition coefficient (Wildman–Crippen LogP) is 4.71. The van der Waals surface area contributed by atoms with E-state index in [9.17, 15) is 0 Å². The molecule has 2 aromatic carbocycles. The first-order chi connectivity index (χ1) is 10.0. The van der Waals surface area contributed by atoms with Gasteiger partial charge in [-0.1, -0.05) is 39.7 Å². The molecule has 0 saturated carbocycles. The Bertz CT molecular complexity index is 632. The number of nitrogens with two attached hydrogens (primary N) is 1. The number of halogens is 2. The van der Waals surface area contributed by atoms with Crippen LogP contribution in [-0.4, -0.2) is 7.11 Å². The first kappa shape index (κ1) is 16.1. The fourth-order valence-corrected chi connectivity index (χ4v) is 2.61. The lowest BCUT2D eigenvalue weighted by atomic mass is 10.1. The van der Waals surface area contributed by atoms with Gasteiger partial charge in [-0.15, -0.1) is 0 Å². The molecule has 0 aliphatic heterocycles. The Morgan fingerprint density at radius 2 is 1.95 bits per heavy atom. The van der Waals surface area contributed by atoms with Crippen LogP contribution in [0.5, 0.6) is 11.5 Å². The molecule has 0 aromatic heterocycles. The van der Waals surface area contributed by atoms with Crippen molar-refractivity contribution >= 4 is 27.5 Å². The molecule has 2 aromatic rings. The Kier molecular flexibility index (Phi) is 5.51. The molecule has 0 saturated heterocycles. The lowest BCUT2D eigenvalue weighted by Crippen LogP contribution is -2.06. The second-order valence-corrected chi connectivity index (χ2v) is 6.05. The zero-order valence-electron chi connectivity index (χ0n) is 11.9. The highest BCUT2D eigenvalue weighted by molar-refractivity contribution is 9.10. The first-order valence-corrected chi connectivity index (χ1v) is 7.68. The number of hydrogen-bond donors (Lipinski definition) is 1. The molecule has 0 fully saturated rings. The number of methoxy groups -OCH3 is 1. The van der Waals surface area contributed by atoms with Crippen LogP contribution in [0.15, 0.2) is 40.9 Å². The lowest BCUT2D eigenvalue weighted by Gasteiger charge is -2.14. The van der Waals surface area contributed by atoms with Gasteiger partial charge in [-0.05, 0) is 36.8 Å². The highest BCUT2D eigenvalue weighted by Crippen LogP contribution is 2.31. The van der Waals surface area contributed by atoms with Crippen LogP contribution < -0.4 is 15.2 Å². The molecule has 2 N–H and O–H groups in total. The van der Waals surface area contributed by atoms with E-state index in [-0.39, 0.29) is 6.04 Å². The summed E-state index contributed by atoms with van der Waals surface area (Å²) in [7, 11) is 1.61. The van der Waals surface area contributed by atoms with Gasteiger partial charge in [-0.2, -0.15) is 0 Å². The molecule has 21 heavy (non-hydrogen) atoms. The van der Waals surface area contributed by atoms with Crippen LogP contribution >= 0.6 is 27.5 Å². The highest BCUT2D eigenvalue weighted by Gasteiger charge is 2.09. The minimum atomic E-state index is -0.0473. The van der Waals surface area contributed by atoms with Gasteiger partial charge in [0.25, 0.3) is 0 Å². The Labute approximate surface area is 138 Å². The molecule has 0 aliphatic rings. The van der Waals surface area contributed by atoms with Crippen LogP contribution in [-0.2, 0) is 6.61 Å². The Hall–Kier alpha value is -1.23. The molecule has 1 unspecified atom stereocenters. The molecular weight excluding hydrogens is 354 g/mol. The molecule has 0 heterocycles. The molecule has 112 valence electrons. The van der Waals surface area contributed by atoms with Crippen molar-refractivity contribution in [2.24, 2.45) is 5.73 Å². The summed E-state index contributed by atoms with van der Waals surface area (Å²) < 4.78 is 12.1. The molecule has 0 bridgehead atoms. The van der Waals surface area contributed by atoms with Gasteiger partial charge in [0, 0.05) is 21.1 Å². The molecular formula is C16H17BrClNO2. The van der Waals surface area contributed by atoms with E-state index in [1.54, 1.807) is 7.11 Å². The van der Waals surface area contributed by atoms with E-state index in [0.717, 1.165) is 15.6 Å². The SMILES string of the molecule is COc1cc(C(C)N)ccc1OCc1ccc(Br)cc1Cl. The maximum Gasteiger partial charge on any atom is 0.161 e. The third kappa shape index (κ3) is 4.13. The van der Waals surface area contributed by atoms with Crippen molar-refractivity contribution in [3.63, 3.8) is 0 Å². The fraction of sp³-hybridized carbons (Fsp3) is 0.250. The van der Waals surface area contributed by atoms with Crippen LogP contribution in [0.4, 0.5) is 0 Å². The molecule has 0 amide bonds. The summed E-state index contributed by atoms with van der Waals surface area (Å²) >= 11 is 9.56. The van der Waals surface area contributed by atoms with Crippen LogP contribution in [0.3, 0.4) is 0 Å². The Morgan fingerprint density at radius 3 is 2.57 bits per heavy atom. The van der Waals surface area contributed by atoms with Gasteiger partial charge in [0.15, 0.2) is 11.5 Å². The van der Waals surface area contributed by atoms with Crippen molar-refractivity contribution in [2.75, 3.05) is 7.11 Å². The minimum Gasteiger partial charge on any atom is -0.493 e. The molecule has 0 aliphatic carbocycles. The molecule has 3 nitrogen and oxygen atoms in total. The Morgan fingerprint density at radius 1 is 1.19 bits per heavy atom. The van der Waals surface area contributed by atoms with Crippen LogP contribution in [0.25, 0.3) is 0 Å². The first-order valence-electron chi connectivity index (χ1n) is 6.51. The van der Waals surface area contributed by atoms with Gasteiger partial charge in [-0.3, -0.25) is 0 Å². The zero-order chi connectivity index (χ0) is 15.4. The number of rotatable bonds is 5. The second-order valence-electron chi connectivity index (χ2n) is 4.72. The second kappa shape index (κ2) is 7.16. The van der Waals surface area contributed by atoms with Crippen LogP contribution in [0.1, 0.15) is 24.1 Å². The van der Waals surface area contributed by atoms with Gasteiger partial charge in [0.1, 0.15) is 6.61 Å². The van der Waals surface area contributed by atoms with Gasteiger partial charge >= 0.3 is 0 Å². The summed E-state index contributed by atoms with van der Waals surface area (Å²) in [5.41, 5.74) is 7.78. The number of ether oxygens (including phenoxy) is 2. The van der Waals surface area contributed by atoms with E-state index >= 15 is 0 Å². The average Bonchev–Trinajstić information content (AvgIpc) is 2.46. The van der Waals surface area contributed by atoms with Gasteiger partial charge in [0.05, 0.1) is 7.11 Å². The Balaban J connectivity index is 2.16.